The summed E-state index contributed by atoms with van der Waals surface area (Å²) in [6.45, 7) is 18.4. The third-order valence-electron chi connectivity index (χ3n) is 24.0. The fourth-order valence-electron chi connectivity index (χ4n) is 19.7. The first kappa shape index (κ1) is 56.3. The molecule has 0 saturated carbocycles. The maximum atomic E-state index is 2.58. The van der Waals surface area contributed by atoms with Gasteiger partial charge in [-0.3, -0.25) is 0 Å². The molecule has 22 aromatic rings. The van der Waals surface area contributed by atoms with Gasteiger partial charge in [0.05, 0.1) is 66.2 Å². The van der Waals surface area contributed by atoms with Gasteiger partial charge in [-0.15, -0.1) is 0 Å². The van der Waals surface area contributed by atoms with E-state index in [1.165, 1.54) is 241 Å². The molecule has 1 atom stereocenters. The van der Waals surface area contributed by atoms with Gasteiger partial charge in [0.15, 0.2) is 0 Å². The molecule has 0 spiro atoms. The lowest BCUT2D eigenvalue weighted by molar-refractivity contribution is 0.679. The lowest BCUT2D eigenvalue weighted by Crippen LogP contribution is -1.99. The number of aryl methyl sites for hydroxylation is 6. The molecule has 0 amide bonds. The van der Waals surface area contributed by atoms with Gasteiger partial charge in [-0.05, 0) is 191 Å². The second kappa shape index (κ2) is 20.0. The summed E-state index contributed by atoms with van der Waals surface area (Å²) in [5.74, 6) is 0.872. The van der Waals surface area contributed by atoms with Gasteiger partial charge in [0.1, 0.15) is 0 Å². The van der Waals surface area contributed by atoms with Gasteiger partial charge in [-0.25, -0.2) is 0 Å². The van der Waals surface area contributed by atoms with E-state index in [9.17, 15) is 0 Å². The molecule has 14 aromatic carbocycles. The quantitative estimate of drug-likeness (QED) is 0.137. The van der Waals surface area contributed by atoms with Crippen molar-refractivity contribution in [2.45, 2.75) is 80.1 Å². The summed E-state index contributed by atoms with van der Waals surface area (Å²) in [6, 6.07) is 94.0. The van der Waals surface area contributed by atoms with E-state index in [-0.39, 0.29) is 0 Å². The summed E-state index contributed by atoms with van der Waals surface area (Å²) in [4.78, 5) is 0. The Labute approximate surface area is 578 Å². The molecule has 1 unspecified atom stereocenters. The largest absolute Gasteiger partial charge is 0.308 e. The van der Waals surface area contributed by atoms with E-state index in [4.69, 9.17) is 0 Å². The molecule has 8 heterocycles. The highest BCUT2D eigenvalue weighted by molar-refractivity contribution is 6.34. The summed E-state index contributed by atoms with van der Waals surface area (Å²) in [7, 11) is 0. The molecule has 4 nitrogen and oxygen atoms in total. The van der Waals surface area contributed by atoms with Crippen molar-refractivity contribution >= 4 is 152 Å². The Morgan fingerprint density at radius 1 is 0.270 bits per heavy atom. The maximum absolute atomic E-state index is 2.58. The highest BCUT2D eigenvalue weighted by Gasteiger charge is 2.29. The van der Waals surface area contributed by atoms with Crippen LogP contribution in [0.3, 0.4) is 0 Å². The zero-order valence-corrected chi connectivity index (χ0v) is 57.5. The van der Waals surface area contributed by atoms with Crippen molar-refractivity contribution in [3.05, 3.63) is 287 Å². The van der Waals surface area contributed by atoms with E-state index in [2.05, 4.69) is 316 Å². The van der Waals surface area contributed by atoms with E-state index in [0.29, 0.717) is 11.8 Å². The molecule has 100 heavy (non-hydrogen) atoms. The summed E-state index contributed by atoms with van der Waals surface area (Å²) in [5.41, 5.74) is 36.5. The molecule has 0 aliphatic heterocycles. The SMILES string of the molecule is Cc1cc(C)c(-c2ccc3c4cc5c(cc4n4c6ccccc6c2c34)c2ccc(-c3c(C)cc(CCC(C)c4ccc(-c6ccc7c8cc9c(cc8n8c%10ccccc%10c6c78)c6ccc(-c7ccc(C(C)C)cc7)c7c8ccccc8n9c67)cc4)cc3C)c3c4ccccc4n5c23)c(C)c1. The molecule has 4 heteroatoms. The Hall–Kier alpha value is -11.7. The molecular weight excluding hydrogens is 1210 g/mol. The number of hydrogen-bond donors (Lipinski definition) is 0. The zero-order valence-electron chi connectivity index (χ0n) is 57.5. The monoisotopic (exact) mass is 1280 g/mol. The Morgan fingerprint density at radius 3 is 0.930 bits per heavy atom. The van der Waals surface area contributed by atoms with Crippen molar-refractivity contribution in [1.29, 1.82) is 0 Å². The Kier molecular flexibility index (Phi) is 11.3. The minimum atomic E-state index is 0.382. The Balaban J connectivity index is 0.593. The van der Waals surface area contributed by atoms with Crippen LogP contribution in [0.4, 0.5) is 0 Å². The second-order valence-corrected chi connectivity index (χ2v) is 29.9. The minimum absolute atomic E-state index is 0.382. The molecule has 0 fully saturated rings. The van der Waals surface area contributed by atoms with Crippen LogP contribution in [0.15, 0.2) is 243 Å². The van der Waals surface area contributed by atoms with Gasteiger partial charge in [0.25, 0.3) is 0 Å². The number of nitrogens with zero attached hydrogens (tertiary/aromatic N) is 4. The van der Waals surface area contributed by atoms with Crippen LogP contribution in [-0.4, -0.2) is 17.6 Å². The molecular formula is C96H70N4. The van der Waals surface area contributed by atoms with Crippen LogP contribution in [0.2, 0.25) is 0 Å². The van der Waals surface area contributed by atoms with Crippen LogP contribution in [0.5, 0.6) is 0 Å². The highest BCUT2D eigenvalue weighted by Crippen LogP contribution is 2.52. The fraction of sp³-hybridized carbons (Fsp3) is 0.125. The molecule has 0 saturated heterocycles. The topological polar surface area (TPSA) is 17.6 Å². The van der Waals surface area contributed by atoms with Crippen LogP contribution in [0, 0.1) is 34.6 Å². The van der Waals surface area contributed by atoms with Gasteiger partial charge >= 0.3 is 0 Å². The first-order chi connectivity index (χ1) is 48.9. The standard InChI is InChI=1S/C96H70N4/c1-51(2)59-27-31-61(32-28-59)63-35-37-65-75-47-84-76(48-83(75)97-79-21-13-9-17-69(79)89(63)93(65)97)66-38-36-64(90-70-18-10-14-22-80(70)98(84)94(66)90)62-33-29-60(30-34-62)53(4)25-26-58-45-56(7)88(57(8)46-58)74-42-40-68-78-50-85-77(49-86(78)100-82-24-16-12-20-72(82)92(74)96(68)100)67-39-41-73(87-54(5)43-52(3)44-55(87)6)91-71-19-11-15-23-81(71)99(85)95(67)91/h9-24,27-51,53H,25-26H2,1-8H3. The number of hydrogen-bond acceptors (Lipinski definition) is 0. The van der Waals surface area contributed by atoms with E-state index >= 15 is 0 Å². The van der Waals surface area contributed by atoms with Gasteiger partial charge in [-0.2, -0.15) is 0 Å². The molecule has 22 rings (SSSR count). The maximum Gasteiger partial charge on any atom is 0.0626 e. The van der Waals surface area contributed by atoms with E-state index in [1.54, 1.807) is 0 Å². The van der Waals surface area contributed by atoms with Gasteiger partial charge in [0, 0.05) is 86.2 Å². The van der Waals surface area contributed by atoms with Crippen molar-refractivity contribution < 1.29 is 0 Å². The van der Waals surface area contributed by atoms with Gasteiger partial charge in [0.2, 0.25) is 0 Å². The molecule has 8 aromatic heterocycles. The van der Waals surface area contributed by atoms with Gasteiger partial charge in [-0.1, -0.05) is 220 Å². The summed E-state index contributed by atoms with van der Waals surface area (Å²) >= 11 is 0. The molecule has 474 valence electrons. The number of aromatic nitrogens is 4. The molecule has 0 aliphatic carbocycles. The summed E-state index contributed by atoms with van der Waals surface area (Å²) < 4.78 is 10.3. The van der Waals surface area contributed by atoms with Crippen LogP contribution in [-0.2, 0) is 6.42 Å². The Morgan fingerprint density at radius 2 is 0.580 bits per heavy atom. The first-order valence-corrected chi connectivity index (χ1v) is 36.0. The first-order valence-electron chi connectivity index (χ1n) is 36.0. The van der Waals surface area contributed by atoms with Gasteiger partial charge < -0.3 is 17.6 Å². The van der Waals surface area contributed by atoms with E-state index in [1.807, 2.05) is 0 Å². The smallest absolute Gasteiger partial charge is 0.0626 e. The predicted molar refractivity (Wildman–Crippen MR) is 428 cm³/mol. The summed E-state index contributed by atoms with van der Waals surface area (Å²) in [5, 5.41) is 20.9. The van der Waals surface area contributed by atoms with Crippen LogP contribution >= 0.6 is 0 Å². The van der Waals surface area contributed by atoms with E-state index in [0.717, 1.165) is 12.8 Å². The number of para-hydroxylation sites is 4. The average Bonchev–Trinajstić information content (AvgIpc) is 1.52. The zero-order chi connectivity index (χ0) is 66.6. The fourth-order valence-corrected chi connectivity index (χ4v) is 19.7. The van der Waals surface area contributed by atoms with Crippen LogP contribution < -0.4 is 0 Å². The van der Waals surface area contributed by atoms with E-state index < -0.39 is 0 Å². The lowest BCUT2D eigenvalue weighted by atomic mass is 9.87. The number of benzene rings is 14. The highest BCUT2D eigenvalue weighted by atomic mass is 15.0. The predicted octanol–water partition coefficient (Wildman–Crippen LogP) is 26.4. The molecule has 0 N–H and O–H groups in total. The third kappa shape index (κ3) is 7.30. The number of rotatable bonds is 9. The minimum Gasteiger partial charge on any atom is -0.308 e. The Bertz CT molecular complexity index is 7230. The van der Waals surface area contributed by atoms with Crippen molar-refractivity contribution in [2.24, 2.45) is 0 Å². The molecule has 0 radical (unpaired) electrons. The average molecular weight is 1280 g/mol. The molecule has 0 bridgehead atoms. The van der Waals surface area contributed by atoms with Crippen molar-refractivity contribution in [1.82, 2.24) is 17.6 Å². The summed E-state index contributed by atoms with van der Waals surface area (Å²) in [6.07, 6.45) is 2.07. The van der Waals surface area contributed by atoms with Crippen molar-refractivity contribution in [2.75, 3.05) is 0 Å². The number of fused-ring (bicyclic) bond motifs is 24. The molecule has 0 aliphatic rings. The van der Waals surface area contributed by atoms with Crippen LogP contribution in [0.25, 0.3) is 197 Å². The van der Waals surface area contributed by atoms with Crippen molar-refractivity contribution in [3.63, 3.8) is 0 Å². The normalized spacial score (nSPS) is 13.1. The second-order valence-electron chi connectivity index (χ2n) is 29.9. The van der Waals surface area contributed by atoms with Crippen molar-refractivity contribution in [3.8, 4) is 44.5 Å². The third-order valence-corrected chi connectivity index (χ3v) is 24.0. The lowest BCUT2D eigenvalue weighted by Gasteiger charge is -2.17. The van der Waals surface area contributed by atoms with Crippen LogP contribution in [0.1, 0.15) is 83.5 Å².